The lowest BCUT2D eigenvalue weighted by molar-refractivity contribution is -0.137. The van der Waals surface area contributed by atoms with Crippen LogP contribution in [-0.2, 0) is 15.8 Å². The largest absolute Gasteiger partial charge is 0.418 e. The third-order valence-corrected chi connectivity index (χ3v) is 4.84. The number of carbonyl (C=O) groups is 2. The molecule has 0 saturated carbocycles. The van der Waals surface area contributed by atoms with Gasteiger partial charge in [0.15, 0.2) is 0 Å². The second kappa shape index (κ2) is 10.0. The Balaban J connectivity index is 1.89. The standard InChI is InChI=1S/C19H19F3N4O2S/c1-2-26(9-7-16(27)25-18-13(11-23)8-10-29-18)12-17(28)24-15-6-4-3-5-14(15)19(20,21)22/h3-6,8,10H,2,7,9,12H2,1H3,(H,24,28)(H,25,27). The van der Waals surface area contributed by atoms with Crippen molar-refractivity contribution in [2.45, 2.75) is 19.5 Å². The minimum atomic E-state index is -4.57. The van der Waals surface area contributed by atoms with Gasteiger partial charge < -0.3 is 10.6 Å². The highest BCUT2D eigenvalue weighted by Gasteiger charge is 2.33. The number of likely N-dealkylation sites (N-methyl/N-ethyl adjacent to an activating group) is 1. The van der Waals surface area contributed by atoms with Crippen LogP contribution in [0.25, 0.3) is 0 Å². The Morgan fingerprint density at radius 2 is 1.90 bits per heavy atom. The van der Waals surface area contributed by atoms with E-state index in [1.807, 2.05) is 6.07 Å². The van der Waals surface area contributed by atoms with Crippen molar-refractivity contribution in [3.8, 4) is 6.07 Å². The molecule has 2 aromatic rings. The lowest BCUT2D eigenvalue weighted by Crippen LogP contribution is -2.35. The Morgan fingerprint density at radius 1 is 1.17 bits per heavy atom. The molecule has 1 aromatic heterocycles. The molecule has 2 amide bonds. The van der Waals surface area contributed by atoms with Crippen molar-refractivity contribution in [3.05, 3.63) is 46.8 Å². The van der Waals surface area contributed by atoms with Crippen LogP contribution in [0.4, 0.5) is 23.9 Å². The molecule has 0 aliphatic rings. The monoisotopic (exact) mass is 424 g/mol. The molecule has 29 heavy (non-hydrogen) atoms. The van der Waals surface area contributed by atoms with Crippen LogP contribution >= 0.6 is 11.3 Å². The third kappa shape index (κ3) is 6.58. The summed E-state index contributed by atoms with van der Waals surface area (Å²) in [4.78, 5) is 25.9. The molecule has 0 radical (unpaired) electrons. The Morgan fingerprint density at radius 3 is 2.55 bits per heavy atom. The second-order valence-electron chi connectivity index (χ2n) is 6.03. The summed E-state index contributed by atoms with van der Waals surface area (Å²) in [6, 6.07) is 8.33. The smallest absolute Gasteiger partial charge is 0.324 e. The minimum Gasteiger partial charge on any atom is -0.324 e. The summed E-state index contributed by atoms with van der Waals surface area (Å²) in [6.45, 7) is 2.30. The molecule has 0 aliphatic carbocycles. The van der Waals surface area contributed by atoms with Crippen LogP contribution in [0, 0.1) is 11.3 Å². The number of amides is 2. The number of benzene rings is 1. The van der Waals surface area contributed by atoms with E-state index in [1.54, 1.807) is 23.3 Å². The molecule has 0 bridgehead atoms. The molecule has 0 unspecified atom stereocenters. The van der Waals surface area contributed by atoms with E-state index in [1.165, 1.54) is 29.5 Å². The van der Waals surface area contributed by atoms with Gasteiger partial charge >= 0.3 is 6.18 Å². The number of hydrogen-bond donors (Lipinski definition) is 2. The van der Waals surface area contributed by atoms with E-state index in [2.05, 4.69) is 10.6 Å². The Bertz CT molecular complexity index is 905. The van der Waals surface area contributed by atoms with E-state index >= 15 is 0 Å². The van der Waals surface area contributed by atoms with E-state index in [9.17, 15) is 22.8 Å². The molecule has 1 heterocycles. The van der Waals surface area contributed by atoms with Crippen molar-refractivity contribution in [3.63, 3.8) is 0 Å². The average molecular weight is 424 g/mol. The van der Waals surface area contributed by atoms with Gasteiger partial charge in [-0.2, -0.15) is 18.4 Å². The molecule has 154 valence electrons. The zero-order chi connectivity index (χ0) is 21.4. The fourth-order valence-electron chi connectivity index (χ4n) is 2.52. The van der Waals surface area contributed by atoms with Crippen molar-refractivity contribution in [1.29, 1.82) is 5.26 Å². The first-order valence-electron chi connectivity index (χ1n) is 8.70. The average Bonchev–Trinajstić information content (AvgIpc) is 3.11. The van der Waals surface area contributed by atoms with Crippen LogP contribution < -0.4 is 10.6 Å². The van der Waals surface area contributed by atoms with Crippen LogP contribution in [-0.4, -0.2) is 36.3 Å². The van der Waals surface area contributed by atoms with Crippen LogP contribution in [0.2, 0.25) is 0 Å². The summed E-state index contributed by atoms with van der Waals surface area (Å²) < 4.78 is 39.1. The van der Waals surface area contributed by atoms with Crippen molar-refractivity contribution >= 4 is 33.8 Å². The number of carbonyl (C=O) groups excluding carboxylic acids is 2. The number of para-hydroxylation sites is 1. The number of anilines is 2. The molecule has 6 nitrogen and oxygen atoms in total. The predicted molar refractivity (Wildman–Crippen MR) is 104 cm³/mol. The molecule has 10 heteroatoms. The van der Waals surface area contributed by atoms with Gasteiger partial charge in [0.25, 0.3) is 0 Å². The first kappa shape index (κ1) is 22.4. The summed E-state index contributed by atoms with van der Waals surface area (Å²) in [5.74, 6) is -0.917. The summed E-state index contributed by atoms with van der Waals surface area (Å²) in [5.41, 5.74) is -0.848. The van der Waals surface area contributed by atoms with Gasteiger partial charge in [-0.15, -0.1) is 11.3 Å². The molecule has 2 rings (SSSR count). The van der Waals surface area contributed by atoms with Crippen molar-refractivity contribution in [1.82, 2.24) is 4.90 Å². The van der Waals surface area contributed by atoms with Gasteiger partial charge in [-0.3, -0.25) is 14.5 Å². The number of nitriles is 1. The Hall–Kier alpha value is -2.90. The van der Waals surface area contributed by atoms with Crippen LogP contribution in [0.15, 0.2) is 35.7 Å². The fourth-order valence-corrected chi connectivity index (χ4v) is 3.28. The van der Waals surface area contributed by atoms with Crippen LogP contribution in [0.3, 0.4) is 0 Å². The first-order valence-corrected chi connectivity index (χ1v) is 9.58. The van der Waals surface area contributed by atoms with Crippen LogP contribution in [0.5, 0.6) is 0 Å². The van der Waals surface area contributed by atoms with Crippen molar-refractivity contribution < 1.29 is 22.8 Å². The molecule has 0 spiro atoms. The predicted octanol–water partition coefficient (Wildman–Crippen LogP) is 3.93. The first-order chi connectivity index (χ1) is 13.7. The van der Waals surface area contributed by atoms with Gasteiger partial charge in [0.2, 0.25) is 11.8 Å². The highest BCUT2D eigenvalue weighted by Crippen LogP contribution is 2.34. The highest BCUT2D eigenvalue weighted by molar-refractivity contribution is 7.14. The van der Waals surface area contributed by atoms with Gasteiger partial charge in [0.05, 0.1) is 23.4 Å². The summed E-state index contributed by atoms with van der Waals surface area (Å²) in [5, 5.41) is 16.0. The SMILES string of the molecule is CCN(CCC(=O)Nc1sccc1C#N)CC(=O)Nc1ccccc1C(F)(F)F. The maximum atomic E-state index is 13.0. The highest BCUT2D eigenvalue weighted by atomic mass is 32.1. The molecule has 0 fully saturated rings. The molecule has 0 aliphatic heterocycles. The summed E-state index contributed by atoms with van der Waals surface area (Å²) >= 11 is 1.23. The molecule has 1 aromatic carbocycles. The normalized spacial score (nSPS) is 11.2. The minimum absolute atomic E-state index is 0.0724. The third-order valence-electron chi connectivity index (χ3n) is 4.01. The number of alkyl halides is 3. The summed E-state index contributed by atoms with van der Waals surface area (Å²) in [7, 11) is 0. The number of rotatable bonds is 8. The van der Waals surface area contributed by atoms with Gasteiger partial charge in [0, 0.05) is 13.0 Å². The number of halogens is 3. The topological polar surface area (TPSA) is 85.2 Å². The van der Waals surface area contributed by atoms with E-state index in [4.69, 9.17) is 5.26 Å². The van der Waals surface area contributed by atoms with E-state index in [0.29, 0.717) is 17.1 Å². The zero-order valence-electron chi connectivity index (χ0n) is 15.5. The maximum absolute atomic E-state index is 13.0. The van der Waals surface area contributed by atoms with Crippen molar-refractivity contribution in [2.75, 3.05) is 30.3 Å². The van der Waals surface area contributed by atoms with Crippen LogP contribution in [0.1, 0.15) is 24.5 Å². The van der Waals surface area contributed by atoms with E-state index in [-0.39, 0.29) is 31.1 Å². The molecule has 2 N–H and O–H groups in total. The van der Waals surface area contributed by atoms with E-state index < -0.39 is 17.6 Å². The maximum Gasteiger partial charge on any atom is 0.418 e. The Labute approximate surface area is 169 Å². The van der Waals surface area contributed by atoms with Gasteiger partial charge in [-0.05, 0) is 30.1 Å². The lowest BCUT2D eigenvalue weighted by Gasteiger charge is -2.20. The molecule has 0 saturated heterocycles. The van der Waals surface area contributed by atoms with Gasteiger partial charge in [-0.25, -0.2) is 0 Å². The zero-order valence-corrected chi connectivity index (χ0v) is 16.4. The van der Waals surface area contributed by atoms with E-state index in [0.717, 1.165) is 6.07 Å². The number of thiophene rings is 1. The van der Waals surface area contributed by atoms with Gasteiger partial charge in [0.1, 0.15) is 11.1 Å². The number of nitrogens with zero attached hydrogens (tertiary/aromatic N) is 2. The Kier molecular flexibility index (Phi) is 7.75. The second-order valence-corrected chi connectivity index (χ2v) is 6.95. The lowest BCUT2D eigenvalue weighted by atomic mass is 10.1. The quantitative estimate of drug-likeness (QED) is 0.673. The number of hydrogen-bond acceptors (Lipinski definition) is 5. The molecule has 0 atom stereocenters. The number of nitrogens with one attached hydrogen (secondary N) is 2. The molecular weight excluding hydrogens is 405 g/mol. The molecular formula is C19H19F3N4O2S. The fraction of sp³-hybridized carbons (Fsp3) is 0.316. The van der Waals surface area contributed by atoms with Gasteiger partial charge in [-0.1, -0.05) is 19.1 Å². The summed E-state index contributed by atoms with van der Waals surface area (Å²) in [6.07, 6.45) is -4.50. The van der Waals surface area contributed by atoms with Crippen molar-refractivity contribution in [2.24, 2.45) is 0 Å².